The van der Waals surface area contributed by atoms with Gasteiger partial charge in [0.2, 0.25) is 0 Å². The van der Waals surface area contributed by atoms with Gasteiger partial charge in [0, 0.05) is 52.0 Å². The van der Waals surface area contributed by atoms with Crippen molar-refractivity contribution >= 4 is 52.7 Å². The highest BCUT2D eigenvalue weighted by Crippen LogP contribution is 2.26. The molecule has 0 aliphatic heterocycles. The van der Waals surface area contributed by atoms with E-state index in [0.29, 0.717) is 0 Å². The smallest absolute Gasteiger partial charge is 0.339 e. The topological polar surface area (TPSA) is 260 Å². The molecule has 228 valence electrons. The number of carbonyl (C=O) groups is 6. The maximum Gasteiger partial charge on any atom is 0.339 e. The van der Waals surface area contributed by atoms with Gasteiger partial charge in [-0.25, -0.2) is 14.4 Å². The van der Waals surface area contributed by atoms with Gasteiger partial charge < -0.3 is 46.6 Å². The van der Waals surface area contributed by atoms with Crippen molar-refractivity contribution in [1.29, 1.82) is 0 Å². The number of nitrogens with one attached hydrogen (secondary N) is 3. The second kappa shape index (κ2) is 12.5. The molecule has 0 atom stereocenters. The van der Waals surface area contributed by atoms with Gasteiger partial charge in [0.15, 0.2) is 0 Å². The van der Waals surface area contributed by atoms with Crippen LogP contribution in [0.2, 0.25) is 0 Å². The first kappa shape index (κ1) is 31.0. The molecule has 45 heavy (non-hydrogen) atoms. The second-order valence-corrected chi connectivity index (χ2v) is 9.27. The van der Waals surface area contributed by atoms with Gasteiger partial charge in [-0.15, -0.1) is 0 Å². The largest absolute Gasteiger partial charge is 0.507 e. The molecular formula is C30H21N3O12. The summed E-state index contributed by atoms with van der Waals surface area (Å²) in [5.74, 6) is -8.77. The normalized spacial score (nSPS) is 10.4. The Balaban J connectivity index is 1.68. The lowest BCUT2D eigenvalue weighted by molar-refractivity contribution is 0.0682. The number of phenols is 3. The zero-order valence-corrected chi connectivity index (χ0v) is 22.6. The Morgan fingerprint density at radius 3 is 0.844 bits per heavy atom. The molecule has 0 saturated heterocycles. The zero-order chi connectivity index (χ0) is 33.0. The molecule has 3 amide bonds. The summed E-state index contributed by atoms with van der Waals surface area (Å²) < 4.78 is 0. The number of benzene rings is 4. The third kappa shape index (κ3) is 7.12. The molecular weight excluding hydrogens is 594 g/mol. The first-order valence-electron chi connectivity index (χ1n) is 12.5. The van der Waals surface area contributed by atoms with Crippen LogP contribution in [0.25, 0.3) is 0 Å². The second-order valence-electron chi connectivity index (χ2n) is 9.27. The number of carboxylic acid groups (broad SMARTS) is 3. The van der Waals surface area contributed by atoms with E-state index in [9.17, 15) is 44.1 Å². The summed E-state index contributed by atoms with van der Waals surface area (Å²) in [7, 11) is 0. The lowest BCUT2D eigenvalue weighted by Crippen LogP contribution is -2.19. The Morgan fingerprint density at radius 1 is 0.400 bits per heavy atom. The predicted octanol–water partition coefficient (Wildman–Crippen LogP) is 3.65. The van der Waals surface area contributed by atoms with Gasteiger partial charge in [0.1, 0.15) is 33.9 Å². The van der Waals surface area contributed by atoms with Crippen molar-refractivity contribution in [3.05, 3.63) is 106 Å². The summed E-state index contributed by atoms with van der Waals surface area (Å²) >= 11 is 0. The van der Waals surface area contributed by atoms with Crippen LogP contribution in [0.3, 0.4) is 0 Å². The number of carbonyl (C=O) groups excluding carboxylic acids is 3. The molecule has 0 aliphatic rings. The fourth-order valence-corrected chi connectivity index (χ4v) is 4.00. The maximum absolute atomic E-state index is 13.2. The summed E-state index contributed by atoms with van der Waals surface area (Å²) in [6.45, 7) is 0. The van der Waals surface area contributed by atoms with E-state index in [4.69, 9.17) is 15.3 Å². The zero-order valence-electron chi connectivity index (χ0n) is 22.6. The third-order valence-electron chi connectivity index (χ3n) is 6.18. The number of hydrogen-bond donors (Lipinski definition) is 9. The molecule has 0 fully saturated rings. The van der Waals surface area contributed by atoms with Crippen LogP contribution in [0.5, 0.6) is 17.2 Å². The highest BCUT2D eigenvalue weighted by Gasteiger charge is 2.20. The fraction of sp³-hybridized carbons (Fsp3) is 0. The molecule has 4 aromatic carbocycles. The van der Waals surface area contributed by atoms with Crippen molar-refractivity contribution in [2.45, 2.75) is 0 Å². The van der Waals surface area contributed by atoms with Crippen molar-refractivity contribution in [3.63, 3.8) is 0 Å². The maximum atomic E-state index is 13.2. The van der Waals surface area contributed by atoms with E-state index in [1.165, 1.54) is 18.2 Å². The first-order chi connectivity index (χ1) is 21.2. The van der Waals surface area contributed by atoms with E-state index < -0.39 is 69.6 Å². The number of aromatic carboxylic acids is 3. The number of rotatable bonds is 9. The molecule has 0 bridgehead atoms. The third-order valence-corrected chi connectivity index (χ3v) is 6.18. The molecule has 0 aliphatic carbocycles. The van der Waals surface area contributed by atoms with Crippen molar-refractivity contribution < 1.29 is 59.4 Å². The van der Waals surface area contributed by atoms with Crippen molar-refractivity contribution in [2.24, 2.45) is 0 Å². The Bertz CT molecular complexity index is 1690. The van der Waals surface area contributed by atoms with E-state index in [2.05, 4.69) is 16.0 Å². The van der Waals surface area contributed by atoms with Crippen LogP contribution < -0.4 is 16.0 Å². The minimum absolute atomic E-state index is 0.0219. The van der Waals surface area contributed by atoms with E-state index >= 15 is 0 Å². The van der Waals surface area contributed by atoms with Gasteiger partial charge in [-0.2, -0.15) is 0 Å². The summed E-state index contributed by atoms with van der Waals surface area (Å²) in [6, 6.07) is 13.0. The Kier molecular flexibility index (Phi) is 8.65. The molecule has 0 saturated carbocycles. The molecule has 0 aromatic heterocycles. The average molecular weight is 616 g/mol. The Labute approximate surface area is 251 Å². The van der Waals surface area contributed by atoms with Crippen LogP contribution in [0.15, 0.2) is 72.8 Å². The highest BCUT2D eigenvalue weighted by molar-refractivity contribution is 6.13. The standard InChI is InChI=1S/C30H21N3O12/c34-22-10-16(1-4-19(22)28(40)41)31-25(37)13-7-14(26(38)32-17-2-5-20(29(42)43)23(35)11-17)9-15(8-13)27(39)33-18-3-6-21(30(44)45)24(36)12-18/h1-12,34-36H,(H,31,37)(H,32,38)(H,33,39)(H,40,41)(H,42,43)(H,44,45). The molecule has 15 nitrogen and oxygen atoms in total. The predicted molar refractivity (Wildman–Crippen MR) is 155 cm³/mol. The van der Waals surface area contributed by atoms with Gasteiger partial charge in [-0.05, 0) is 54.6 Å². The van der Waals surface area contributed by atoms with Crippen LogP contribution in [0.4, 0.5) is 17.1 Å². The van der Waals surface area contributed by atoms with Gasteiger partial charge in [0.05, 0.1) is 0 Å². The number of amides is 3. The number of aromatic hydroxyl groups is 3. The van der Waals surface area contributed by atoms with Crippen molar-refractivity contribution in [3.8, 4) is 17.2 Å². The number of carboxylic acids is 3. The minimum Gasteiger partial charge on any atom is -0.507 e. The quantitative estimate of drug-likeness (QED) is 0.131. The van der Waals surface area contributed by atoms with Crippen LogP contribution in [-0.2, 0) is 0 Å². The van der Waals surface area contributed by atoms with Gasteiger partial charge >= 0.3 is 17.9 Å². The van der Waals surface area contributed by atoms with Gasteiger partial charge in [0.25, 0.3) is 17.7 Å². The molecule has 15 heteroatoms. The number of hydrogen-bond acceptors (Lipinski definition) is 9. The molecule has 0 spiro atoms. The molecule has 4 rings (SSSR count). The lowest BCUT2D eigenvalue weighted by atomic mass is 10.0. The van der Waals surface area contributed by atoms with E-state index in [-0.39, 0.29) is 33.8 Å². The Hall–Kier alpha value is -6.90. The fourth-order valence-electron chi connectivity index (χ4n) is 4.00. The molecule has 4 aromatic rings. The molecule has 9 N–H and O–H groups in total. The summed E-state index contributed by atoms with van der Waals surface area (Å²) in [5, 5.41) is 64.4. The summed E-state index contributed by atoms with van der Waals surface area (Å²) in [6.07, 6.45) is 0. The summed E-state index contributed by atoms with van der Waals surface area (Å²) in [4.78, 5) is 73.0. The van der Waals surface area contributed by atoms with Crippen LogP contribution in [-0.4, -0.2) is 66.3 Å². The monoisotopic (exact) mass is 615 g/mol. The Morgan fingerprint density at radius 2 is 0.644 bits per heavy atom. The minimum atomic E-state index is -1.41. The highest BCUT2D eigenvalue weighted by atomic mass is 16.4. The molecule has 0 heterocycles. The van der Waals surface area contributed by atoms with Crippen LogP contribution in [0, 0.1) is 0 Å². The van der Waals surface area contributed by atoms with Crippen molar-refractivity contribution in [1.82, 2.24) is 0 Å². The number of anilines is 3. The molecule has 0 radical (unpaired) electrons. The average Bonchev–Trinajstić information content (AvgIpc) is 2.96. The van der Waals surface area contributed by atoms with Gasteiger partial charge in [-0.3, -0.25) is 14.4 Å². The summed E-state index contributed by atoms with van der Waals surface area (Å²) in [5.41, 5.74) is -2.07. The van der Waals surface area contributed by atoms with Gasteiger partial charge in [-0.1, -0.05) is 0 Å². The van der Waals surface area contributed by atoms with Crippen molar-refractivity contribution in [2.75, 3.05) is 16.0 Å². The van der Waals surface area contributed by atoms with Crippen LogP contribution in [0.1, 0.15) is 62.1 Å². The SMILES string of the molecule is O=C(Nc1ccc(C(=O)O)c(O)c1)c1cc(C(=O)Nc2ccc(C(=O)O)c(O)c2)cc(C(=O)Nc2ccc(C(=O)O)c(O)c2)c1. The van der Waals surface area contributed by atoms with E-state index in [1.807, 2.05) is 0 Å². The molecule has 0 unspecified atom stereocenters. The lowest BCUT2D eigenvalue weighted by Gasteiger charge is -2.13. The first-order valence-corrected chi connectivity index (χ1v) is 12.5. The van der Waals surface area contributed by atoms with E-state index in [1.54, 1.807) is 0 Å². The van der Waals surface area contributed by atoms with Crippen LogP contribution >= 0.6 is 0 Å². The van der Waals surface area contributed by atoms with E-state index in [0.717, 1.165) is 54.6 Å².